The van der Waals surface area contributed by atoms with E-state index in [9.17, 15) is 4.79 Å². The molecule has 0 atom stereocenters. The van der Waals surface area contributed by atoms with Crippen molar-refractivity contribution in [3.63, 3.8) is 0 Å². The SMILES string of the molecule is COc1cc(C)c(CNC(=O)CO)c(OC)c1. The van der Waals surface area contributed by atoms with Crippen LogP contribution < -0.4 is 14.8 Å². The molecule has 1 amide bonds. The number of benzene rings is 1. The van der Waals surface area contributed by atoms with Crippen molar-refractivity contribution in [2.45, 2.75) is 13.5 Å². The van der Waals surface area contributed by atoms with Crippen molar-refractivity contribution in [2.75, 3.05) is 20.8 Å². The van der Waals surface area contributed by atoms with E-state index in [1.165, 1.54) is 0 Å². The summed E-state index contributed by atoms with van der Waals surface area (Å²) in [5.41, 5.74) is 1.83. The average Bonchev–Trinajstić information content (AvgIpc) is 2.35. The minimum Gasteiger partial charge on any atom is -0.497 e. The Morgan fingerprint density at radius 3 is 2.59 bits per heavy atom. The van der Waals surface area contributed by atoms with Crippen LogP contribution in [-0.4, -0.2) is 31.8 Å². The van der Waals surface area contributed by atoms with Gasteiger partial charge >= 0.3 is 0 Å². The van der Waals surface area contributed by atoms with Gasteiger partial charge in [-0.1, -0.05) is 0 Å². The molecule has 5 heteroatoms. The van der Waals surface area contributed by atoms with Crippen LogP contribution in [0.3, 0.4) is 0 Å². The van der Waals surface area contributed by atoms with Crippen molar-refractivity contribution < 1.29 is 19.4 Å². The molecule has 0 heterocycles. The molecule has 17 heavy (non-hydrogen) atoms. The second-order valence-electron chi connectivity index (χ2n) is 3.56. The van der Waals surface area contributed by atoms with Crippen LogP contribution in [0, 0.1) is 6.92 Å². The number of methoxy groups -OCH3 is 2. The molecule has 0 unspecified atom stereocenters. The van der Waals surface area contributed by atoms with Crippen molar-refractivity contribution in [3.8, 4) is 11.5 Å². The van der Waals surface area contributed by atoms with E-state index < -0.39 is 12.5 Å². The number of hydrogen-bond donors (Lipinski definition) is 2. The number of carbonyl (C=O) groups is 1. The van der Waals surface area contributed by atoms with E-state index in [2.05, 4.69) is 5.32 Å². The maximum Gasteiger partial charge on any atom is 0.245 e. The van der Waals surface area contributed by atoms with E-state index in [1.807, 2.05) is 13.0 Å². The van der Waals surface area contributed by atoms with E-state index in [4.69, 9.17) is 14.6 Å². The van der Waals surface area contributed by atoms with Crippen LogP contribution in [0.4, 0.5) is 0 Å². The van der Waals surface area contributed by atoms with E-state index in [-0.39, 0.29) is 0 Å². The number of nitrogens with one attached hydrogen (secondary N) is 1. The summed E-state index contributed by atoms with van der Waals surface area (Å²) in [7, 11) is 3.15. The molecule has 0 saturated carbocycles. The Balaban J connectivity index is 2.93. The zero-order valence-electron chi connectivity index (χ0n) is 10.2. The van der Waals surface area contributed by atoms with Gasteiger partial charge in [0.2, 0.25) is 5.91 Å². The summed E-state index contributed by atoms with van der Waals surface area (Å²) in [5, 5.41) is 11.2. The predicted octanol–water partition coefficient (Wildman–Crippen LogP) is 0.621. The van der Waals surface area contributed by atoms with Crippen LogP contribution in [0.2, 0.25) is 0 Å². The third kappa shape index (κ3) is 3.35. The highest BCUT2D eigenvalue weighted by molar-refractivity contribution is 5.77. The third-order valence-electron chi connectivity index (χ3n) is 2.47. The fourth-order valence-electron chi connectivity index (χ4n) is 1.52. The zero-order valence-corrected chi connectivity index (χ0v) is 10.2. The highest BCUT2D eigenvalue weighted by Gasteiger charge is 2.10. The van der Waals surface area contributed by atoms with Gasteiger partial charge in [-0.25, -0.2) is 0 Å². The van der Waals surface area contributed by atoms with E-state index in [1.54, 1.807) is 20.3 Å². The van der Waals surface area contributed by atoms with Crippen LogP contribution in [0.1, 0.15) is 11.1 Å². The first kappa shape index (κ1) is 13.3. The summed E-state index contributed by atoms with van der Waals surface area (Å²) < 4.78 is 10.4. The number of aryl methyl sites for hydroxylation is 1. The Hall–Kier alpha value is -1.75. The Morgan fingerprint density at radius 2 is 2.06 bits per heavy atom. The summed E-state index contributed by atoms with van der Waals surface area (Å²) in [6, 6.07) is 3.62. The molecule has 0 fully saturated rings. The highest BCUT2D eigenvalue weighted by Crippen LogP contribution is 2.28. The molecule has 94 valence electrons. The van der Waals surface area contributed by atoms with Gasteiger partial charge in [-0.2, -0.15) is 0 Å². The topological polar surface area (TPSA) is 67.8 Å². The van der Waals surface area contributed by atoms with Gasteiger partial charge in [0.1, 0.15) is 18.1 Å². The number of ether oxygens (including phenoxy) is 2. The summed E-state index contributed by atoms with van der Waals surface area (Å²) in [4.78, 5) is 11.0. The molecule has 2 N–H and O–H groups in total. The van der Waals surface area contributed by atoms with Gasteiger partial charge in [0.05, 0.1) is 14.2 Å². The minimum atomic E-state index is -0.516. The Kier molecular flexibility index (Phi) is 4.78. The first-order chi connectivity index (χ1) is 8.12. The molecule has 1 aromatic carbocycles. The Labute approximate surface area is 100 Å². The van der Waals surface area contributed by atoms with Crippen LogP contribution in [0.5, 0.6) is 11.5 Å². The van der Waals surface area contributed by atoms with E-state index in [0.717, 1.165) is 11.1 Å². The van der Waals surface area contributed by atoms with E-state index in [0.29, 0.717) is 18.0 Å². The number of aliphatic hydroxyl groups is 1. The van der Waals surface area contributed by atoms with Crippen LogP contribution >= 0.6 is 0 Å². The lowest BCUT2D eigenvalue weighted by Crippen LogP contribution is -2.26. The largest absolute Gasteiger partial charge is 0.497 e. The lowest BCUT2D eigenvalue weighted by Gasteiger charge is -2.14. The van der Waals surface area contributed by atoms with Crippen LogP contribution in [0.25, 0.3) is 0 Å². The molecular formula is C12H17NO4. The number of aliphatic hydroxyl groups excluding tert-OH is 1. The van der Waals surface area contributed by atoms with Gasteiger partial charge in [0.25, 0.3) is 0 Å². The van der Waals surface area contributed by atoms with Crippen molar-refractivity contribution in [2.24, 2.45) is 0 Å². The molecule has 0 spiro atoms. The minimum absolute atomic E-state index is 0.318. The average molecular weight is 239 g/mol. The Morgan fingerprint density at radius 1 is 1.35 bits per heavy atom. The third-order valence-corrected chi connectivity index (χ3v) is 2.47. The van der Waals surface area contributed by atoms with Gasteiger partial charge in [0, 0.05) is 18.2 Å². The smallest absolute Gasteiger partial charge is 0.245 e. The van der Waals surface area contributed by atoms with Crippen molar-refractivity contribution >= 4 is 5.91 Å². The Bertz CT molecular complexity index is 404. The highest BCUT2D eigenvalue weighted by atomic mass is 16.5. The van der Waals surface area contributed by atoms with Gasteiger partial charge < -0.3 is 19.9 Å². The fourth-order valence-corrected chi connectivity index (χ4v) is 1.52. The summed E-state index contributed by atoms with van der Waals surface area (Å²) in [5.74, 6) is 0.943. The maximum absolute atomic E-state index is 11.0. The molecular weight excluding hydrogens is 222 g/mol. The molecule has 0 saturated heterocycles. The lowest BCUT2D eigenvalue weighted by atomic mass is 10.1. The summed E-state index contributed by atoms with van der Waals surface area (Å²) in [6.45, 7) is 1.71. The monoisotopic (exact) mass is 239 g/mol. The molecule has 0 aliphatic carbocycles. The van der Waals surface area contributed by atoms with Crippen molar-refractivity contribution in [1.29, 1.82) is 0 Å². The molecule has 0 aliphatic rings. The molecule has 1 rings (SSSR count). The fraction of sp³-hybridized carbons (Fsp3) is 0.417. The quantitative estimate of drug-likeness (QED) is 0.790. The normalized spacial score (nSPS) is 9.88. The second-order valence-corrected chi connectivity index (χ2v) is 3.56. The summed E-state index contributed by atoms with van der Waals surface area (Å²) in [6.07, 6.45) is 0. The van der Waals surface area contributed by atoms with Gasteiger partial charge in [-0.15, -0.1) is 0 Å². The van der Waals surface area contributed by atoms with Gasteiger partial charge in [0.15, 0.2) is 0 Å². The summed E-state index contributed by atoms with van der Waals surface area (Å²) >= 11 is 0. The lowest BCUT2D eigenvalue weighted by molar-refractivity contribution is -0.123. The van der Waals surface area contributed by atoms with Gasteiger partial charge in [-0.3, -0.25) is 4.79 Å². The molecule has 0 aliphatic heterocycles. The molecule has 5 nitrogen and oxygen atoms in total. The zero-order chi connectivity index (χ0) is 12.8. The van der Waals surface area contributed by atoms with Crippen LogP contribution in [0.15, 0.2) is 12.1 Å². The van der Waals surface area contributed by atoms with Gasteiger partial charge in [-0.05, 0) is 18.6 Å². The number of amides is 1. The number of rotatable bonds is 5. The maximum atomic E-state index is 11.0. The number of hydrogen-bond acceptors (Lipinski definition) is 4. The number of carbonyl (C=O) groups excluding carboxylic acids is 1. The molecule has 0 radical (unpaired) electrons. The first-order valence-electron chi connectivity index (χ1n) is 5.21. The first-order valence-corrected chi connectivity index (χ1v) is 5.21. The second kappa shape index (κ2) is 6.10. The molecule has 1 aromatic rings. The van der Waals surface area contributed by atoms with Crippen molar-refractivity contribution in [3.05, 3.63) is 23.3 Å². The van der Waals surface area contributed by atoms with Crippen LogP contribution in [-0.2, 0) is 11.3 Å². The predicted molar refractivity (Wildman–Crippen MR) is 63.2 cm³/mol. The van der Waals surface area contributed by atoms with E-state index >= 15 is 0 Å². The molecule has 0 aromatic heterocycles. The standard InChI is InChI=1S/C12H17NO4/c1-8-4-9(16-2)5-11(17-3)10(8)6-13-12(15)7-14/h4-5,14H,6-7H2,1-3H3,(H,13,15). The van der Waals surface area contributed by atoms with Crippen molar-refractivity contribution in [1.82, 2.24) is 5.32 Å². The molecule has 0 bridgehead atoms.